The molecule has 0 aliphatic carbocycles. The molecule has 0 amide bonds. The van der Waals surface area contributed by atoms with Gasteiger partial charge < -0.3 is 19.1 Å². The first-order valence-electron chi connectivity index (χ1n) is 6.48. The Morgan fingerprint density at radius 3 is 2.57 bits per heavy atom. The second-order valence-electron chi connectivity index (χ2n) is 4.49. The van der Waals surface area contributed by atoms with Crippen LogP contribution < -0.4 is 4.90 Å². The van der Waals surface area contributed by atoms with Gasteiger partial charge in [0.15, 0.2) is 0 Å². The molecular formula is C15H13FN2O5. The molecule has 0 aromatic heterocycles. The van der Waals surface area contributed by atoms with E-state index in [1.807, 2.05) is 6.07 Å². The fourth-order valence-electron chi connectivity index (χ4n) is 2.13. The van der Waals surface area contributed by atoms with Crippen molar-refractivity contribution in [3.05, 3.63) is 40.8 Å². The number of hydrogen-bond donors (Lipinski definition) is 0. The Balaban J connectivity index is 2.58. The van der Waals surface area contributed by atoms with E-state index in [0.29, 0.717) is 0 Å². The van der Waals surface area contributed by atoms with Crippen LogP contribution in [0.4, 0.5) is 10.1 Å². The minimum Gasteiger partial charge on any atom is -0.466 e. The molecule has 23 heavy (non-hydrogen) atoms. The number of anilines is 1. The fraction of sp³-hybridized carbons (Fsp3) is 0.267. The number of halogens is 1. The summed E-state index contributed by atoms with van der Waals surface area (Å²) < 4.78 is 28.8. The van der Waals surface area contributed by atoms with Crippen molar-refractivity contribution in [1.29, 1.82) is 5.26 Å². The molecule has 1 aromatic carbocycles. The van der Waals surface area contributed by atoms with Crippen molar-refractivity contribution in [2.75, 3.05) is 32.5 Å². The monoisotopic (exact) mass is 320 g/mol. The summed E-state index contributed by atoms with van der Waals surface area (Å²) in [4.78, 5) is 25.0. The molecule has 0 saturated heterocycles. The lowest BCUT2D eigenvalue weighted by Gasteiger charge is -2.31. The molecule has 0 radical (unpaired) electrons. The lowest BCUT2D eigenvalue weighted by molar-refractivity contribution is -0.140. The van der Waals surface area contributed by atoms with Crippen LogP contribution in [0.25, 0.3) is 0 Å². The highest BCUT2D eigenvalue weighted by molar-refractivity contribution is 6.03. The van der Waals surface area contributed by atoms with Gasteiger partial charge in [0, 0.05) is 0 Å². The topological polar surface area (TPSA) is 88.9 Å². The zero-order valence-electron chi connectivity index (χ0n) is 12.5. The largest absolute Gasteiger partial charge is 0.466 e. The van der Waals surface area contributed by atoms with E-state index in [4.69, 9.17) is 10.00 Å². The van der Waals surface area contributed by atoms with E-state index in [2.05, 4.69) is 9.47 Å². The van der Waals surface area contributed by atoms with Gasteiger partial charge in [-0.3, -0.25) is 0 Å². The Morgan fingerprint density at radius 1 is 1.30 bits per heavy atom. The Hall–Kier alpha value is -2.92. The average molecular weight is 320 g/mol. The number of esters is 2. The van der Waals surface area contributed by atoms with Gasteiger partial charge in [-0.15, -0.1) is 0 Å². The van der Waals surface area contributed by atoms with Crippen molar-refractivity contribution in [1.82, 2.24) is 0 Å². The van der Waals surface area contributed by atoms with Crippen molar-refractivity contribution in [2.45, 2.75) is 0 Å². The molecule has 8 heteroatoms. The number of nitriles is 1. The molecule has 0 bridgehead atoms. The Bertz CT molecular complexity index is 723. The van der Waals surface area contributed by atoms with Crippen LogP contribution in [-0.4, -0.2) is 39.5 Å². The highest BCUT2D eigenvalue weighted by Gasteiger charge is 2.33. The number of carbonyl (C=O) groups excluding carboxylic acids is 2. The molecule has 1 heterocycles. The molecule has 0 fully saturated rings. The highest BCUT2D eigenvalue weighted by atomic mass is 19.1. The van der Waals surface area contributed by atoms with E-state index in [0.717, 1.165) is 25.2 Å². The van der Waals surface area contributed by atoms with Crippen molar-refractivity contribution < 1.29 is 28.2 Å². The fourth-order valence-corrected chi connectivity index (χ4v) is 2.13. The van der Waals surface area contributed by atoms with Gasteiger partial charge in [-0.25, -0.2) is 14.0 Å². The predicted octanol–water partition coefficient (Wildman–Crippen LogP) is 1.09. The highest BCUT2D eigenvalue weighted by Crippen LogP contribution is 2.29. The molecular weight excluding hydrogens is 307 g/mol. The third-order valence-corrected chi connectivity index (χ3v) is 3.20. The van der Waals surface area contributed by atoms with Crippen LogP contribution >= 0.6 is 0 Å². The van der Waals surface area contributed by atoms with E-state index in [1.165, 1.54) is 12.1 Å². The first-order chi connectivity index (χ1) is 11.0. The van der Waals surface area contributed by atoms with Crippen molar-refractivity contribution in [2.24, 2.45) is 0 Å². The van der Waals surface area contributed by atoms with Crippen molar-refractivity contribution in [3.8, 4) is 6.07 Å². The van der Waals surface area contributed by atoms with Gasteiger partial charge in [-0.1, -0.05) is 0 Å². The summed E-state index contributed by atoms with van der Waals surface area (Å²) in [6.07, 6.45) is 0. The van der Waals surface area contributed by atoms with Crippen LogP contribution in [0.15, 0.2) is 29.5 Å². The Labute approximate surface area is 131 Å². The molecule has 2 rings (SSSR count). The second kappa shape index (κ2) is 6.89. The Morgan fingerprint density at radius 2 is 2.00 bits per heavy atom. The summed E-state index contributed by atoms with van der Waals surface area (Å²) in [5, 5.41) is 8.79. The quantitative estimate of drug-likeness (QED) is 0.770. The minimum absolute atomic E-state index is 0.0227. The smallest absolute Gasteiger partial charge is 0.355 e. The van der Waals surface area contributed by atoms with E-state index in [-0.39, 0.29) is 35.9 Å². The molecule has 120 valence electrons. The van der Waals surface area contributed by atoms with Gasteiger partial charge in [0.05, 0.1) is 43.7 Å². The maximum absolute atomic E-state index is 14.2. The average Bonchev–Trinajstić information content (AvgIpc) is 2.59. The molecule has 0 spiro atoms. The number of benzene rings is 1. The molecule has 7 nitrogen and oxygen atoms in total. The summed E-state index contributed by atoms with van der Waals surface area (Å²) in [6.45, 7) is -0.320. The second-order valence-corrected chi connectivity index (χ2v) is 4.49. The van der Waals surface area contributed by atoms with Gasteiger partial charge in [-0.2, -0.15) is 5.26 Å². The molecule has 0 N–H and O–H groups in total. The summed E-state index contributed by atoms with van der Waals surface area (Å²) in [6, 6.07) is 5.54. The van der Waals surface area contributed by atoms with Gasteiger partial charge in [0.2, 0.25) is 0 Å². The number of ether oxygens (including phenoxy) is 3. The van der Waals surface area contributed by atoms with Gasteiger partial charge in [0.1, 0.15) is 18.2 Å². The van der Waals surface area contributed by atoms with E-state index >= 15 is 0 Å². The SMILES string of the molecule is COC(=O)C1=C(C(=O)OC)N(c2ccc(C#N)cc2F)COC1. The maximum atomic E-state index is 14.2. The van der Waals surface area contributed by atoms with Crippen LogP contribution in [-0.2, 0) is 23.8 Å². The number of rotatable bonds is 3. The third-order valence-electron chi connectivity index (χ3n) is 3.20. The van der Waals surface area contributed by atoms with Gasteiger partial charge in [0.25, 0.3) is 0 Å². The van der Waals surface area contributed by atoms with Crippen LogP contribution in [0.3, 0.4) is 0 Å². The molecule has 0 atom stereocenters. The predicted molar refractivity (Wildman–Crippen MR) is 75.5 cm³/mol. The molecule has 0 unspecified atom stereocenters. The van der Waals surface area contributed by atoms with Crippen molar-refractivity contribution >= 4 is 17.6 Å². The summed E-state index contributed by atoms with van der Waals surface area (Å²) in [5.41, 5.74) is -0.130. The van der Waals surface area contributed by atoms with Crippen LogP contribution in [0.2, 0.25) is 0 Å². The van der Waals surface area contributed by atoms with Crippen LogP contribution in [0.5, 0.6) is 0 Å². The van der Waals surface area contributed by atoms with E-state index in [1.54, 1.807) is 0 Å². The van der Waals surface area contributed by atoms with Gasteiger partial charge >= 0.3 is 11.9 Å². The molecule has 1 aromatic rings. The van der Waals surface area contributed by atoms with E-state index in [9.17, 15) is 14.0 Å². The number of hydrogen-bond acceptors (Lipinski definition) is 7. The van der Waals surface area contributed by atoms with Crippen LogP contribution in [0, 0.1) is 17.1 Å². The number of carbonyl (C=O) groups is 2. The lowest BCUT2D eigenvalue weighted by Crippen LogP contribution is -2.39. The molecule has 1 aliphatic rings. The summed E-state index contributed by atoms with van der Waals surface area (Å²) in [5.74, 6) is -2.33. The third kappa shape index (κ3) is 3.14. The first kappa shape index (κ1) is 16.5. The Kier molecular flexibility index (Phi) is 4.93. The van der Waals surface area contributed by atoms with E-state index < -0.39 is 17.8 Å². The lowest BCUT2D eigenvalue weighted by atomic mass is 10.1. The standard InChI is InChI=1S/C15H13FN2O5/c1-21-14(19)10-7-23-8-18(13(10)15(20)22-2)12-4-3-9(6-17)5-11(12)16/h3-5H,7-8H2,1-2H3. The minimum atomic E-state index is -0.822. The molecule has 0 saturated carbocycles. The van der Waals surface area contributed by atoms with Crippen LogP contribution in [0.1, 0.15) is 5.56 Å². The summed E-state index contributed by atoms with van der Waals surface area (Å²) >= 11 is 0. The summed E-state index contributed by atoms with van der Waals surface area (Å²) in [7, 11) is 2.30. The zero-order valence-corrected chi connectivity index (χ0v) is 12.5. The number of methoxy groups -OCH3 is 2. The first-order valence-corrected chi connectivity index (χ1v) is 6.48. The maximum Gasteiger partial charge on any atom is 0.355 e. The molecule has 1 aliphatic heterocycles. The normalized spacial score (nSPS) is 14.3. The van der Waals surface area contributed by atoms with Crippen molar-refractivity contribution in [3.63, 3.8) is 0 Å². The van der Waals surface area contributed by atoms with Gasteiger partial charge in [-0.05, 0) is 18.2 Å². The number of nitrogens with zero attached hydrogens (tertiary/aromatic N) is 2. The zero-order chi connectivity index (χ0) is 17.0.